The van der Waals surface area contributed by atoms with Crippen molar-refractivity contribution in [1.82, 2.24) is 5.32 Å². The maximum atomic E-state index is 12.3. The van der Waals surface area contributed by atoms with Crippen molar-refractivity contribution >= 4 is 17.5 Å². The zero-order valence-electron chi connectivity index (χ0n) is 12.3. The third kappa shape index (κ3) is 2.81. The van der Waals surface area contributed by atoms with Crippen LogP contribution >= 0.6 is 0 Å². The summed E-state index contributed by atoms with van der Waals surface area (Å²) in [6.45, 7) is 3.67. The smallest absolute Gasteiger partial charge is 0.262 e. The Morgan fingerprint density at radius 3 is 2.86 bits per heavy atom. The Hall–Kier alpha value is -2.76. The standard InChI is InChI=1S/C16H16N2O4/c1-9-3-6-13(22-9)10(2)17-16(20)11-4-5-12-14(7-11)21-8-15(19)18-12/h3-7,10H,8H2,1-2H3,(H,17,20)(H,18,19)/t10-/m1/s1. The highest BCUT2D eigenvalue weighted by atomic mass is 16.5. The normalized spacial score (nSPS) is 14.5. The van der Waals surface area contributed by atoms with Crippen LogP contribution in [0.25, 0.3) is 0 Å². The van der Waals surface area contributed by atoms with E-state index >= 15 is 0 Å². The fraction of sp³-hybridized carbons (Fsp3) is 0.250. The predicted octanol–water partition coefficient (Wildman–Crippen LogP) is 2.41. The lowest BCUT2D eigenvalue weighted by molar-refractivity contribution is -0.118. The molecule has 0 spiro atoms. The molecule has 3 rings (SSSR count). The number of furan rings is 1. The van der Waals surface area contributed by atoms with Gasteiger partial charge in [-0.1, -0.05) is 0 Å². The van der Waals surface area contributed by atoms with E-state index in [-0.39, 0.29) is 24.5 Å². The van der Waals surface area contributed by atoms with Gasteiger partial charge in [0, 0.05) is 5.56 Å². The van der Waals surface area contributed by atoms with Crippen LogP contribution in [0.3, 0.4) is 0 Å². The predicted molar refractivity (Wildman–Crippen MR) is 79.9 cm³/mol. The Morgan fingerprint density at radius 1 is 1.32 bits per heavy atom. The number of nitrogens with one attached hydrogen (secondary N) is 2. The Morgan fingerprint density at radius 2 is 2.14 bits per heavy atom. The fourth-order valence-electron chi connectivity index (χ4n) is 2.25. The van der Waals surface area contributed by atoms with Crippen molar-refractivity contribution < 1.29 is 18.7 Å². The number of rotatable bonds is 3. The second-order valence-corrected chi connectivity index (χ2v) is 5.19. The molecule has 0 fully saturated rings. The molecule has 6 nitrogen and oxygen atoms in total. The van der Waals surface area contributed by atoms with Gasteiger partial charge in [-0.2, -0.15) is 0 Å². The second kappa shape index (κ2) is 5.55. The summed E-state index contributed by atoms with van der Waals surface area (Å²) in [6.07, 6.45) is 0. The topological polar surface area (TPSA) is 80.6 Å². The number of carbonyl (C=O) groups excluding carboxylic acids is 2. The highest BCUT2D eigenvalue weighted by Crippen LogP contribution is 2.28. The molecular formula is C16H16N2O4. The SMILES string of the molecule is Cc1ccc([C@@H](C)NC(=O)c2ccc3c(c2)OCC(=O)N3)o1. The fourth-order valence-corrected chi connectivity index (χ4v) is 2.25. The maximum Gasteiger partial charge on any atom is 0.262 e. The van der Waals surface area contributed by atoms with E-state index in [9.17, 15) is 9.59 Å². The van der Waals surface area contributed by atoms with Gasteiger partial charge in [-0.15, -0.1) is 0 Å². The molecule has 0 unspecified atom stereocenters. The summed E-state index contributed by atoms with van der Waals surface area (Å²) in [6, 6.07) is 8.37. The van der Waals surface area contributed by atoms with Gasteiger partial charge in [0.15, 0.2) is 6.61 Å². The van der Waals surface area contributed by atoms with Gasteiger partial charge in [0.2, 0.25) is 0 Å². The molecule has 1 aromatic heterocycles. The summed E-state index contributed by atoms with van der Waals surface area (Å²) < 4.78 is 10.8. The molecule has 1 aliphatic heterocycles. The highest BCUT2D eigenvalue weighted by Gasteiger charge is 2.19. The average Bonchev–Trinajstić information content (AvgIpc) is 2.93. The first-order valence-electron chi connectivity index (χ1n) is 6.97. The molecule has 0 bridgehead atoms. The first kappa shape index (κ1) is 14.2. The molecule has 0 radical (unpaired) electrons. The van der Waals surface area contributed by atoms with Crippen LogP contribution in [0.15, 0.2) is 34.7 Å². The van der Waals surface area contributed by atoms with E-state index in [1.54, 1.807) is 18.2 Å². The number of hydrogen-bond donors (Lipinski definition) is 2. The van der Waals surface area contributed by atoms with Crippen LogP contribution in [0.2, 0.25) is 0 Å². The minimum Gasteiger partial charge on any atom is -0.482 e. The van der Waals surface area contributed by atoms with Crippen molar-refractivity contribution in [2.45, 2.75) is 19.9 Å². The van der Waals surface area contributed by atoms with Gasteiger partial charge in [0.1, 0.15) is 17.3 Å². The summed E-state index contributed by atoms with van der Waals surface area (Å²) in [4.78, 5) is 23.5. The van der Waals surface area contributed by atoms with Crippen LogP contribution in [0.1, 0.15) is 34.8 Å². The summed E-state index contributed by atoms with van der Waals surface area (Å²) in [5.74, 6) is 1.56. The molecule has 2 amide bonds. The third-order valence-electron chi connectivity index (χ3n) is 3.41. The van der Waals surface area contributed by atoms with E-state index in [4.69, 9.17) is 9.15 Å². The van der Waals surface area contributed by atoms with Gasteiger partial charge >= 0.3 is 0 Å². The lowest BCUT2D eigenvalue weighted by Crippen LogP contribution is -2.28. The van der Waals surface area contributed by atoms with Crippen LogP contribution in [0.5, 0.6) is 5.75 Å². The van der Waals surface area contributed by atoms with Gasteiger partial charge in [-0.3, -0.25) is 9.59 Å². The molecule has 1 aliphatic rings. The molecule has 2 aromatic rings. The number of amides is 2. The average molecular weight is 300 g/mol. The molecule has 0 saturated carbocycles. The minimum absolute atomic E-state index is 0.0415. The number of ether oxygens (including phenoxy) is 1. The molecule has 2 heterocycles. The number of benzene rings is 1. The number of aryl methyl sites for hydroxylation is 1. The molecule has 1 atom stereocenters. The molecule has 2 N–H and O–H groups in total. The van der Waals surface area contributed by atoms with Crippen LogP contribution in [-0.4, -0.2) is 18.4 Å². The monoisotopic (exact) mass is 300 g/mol. The highest BCUT2D eigenvalue weighted by molar-refractivity contribution is 5.99. The minimum atomic E-state index is -0.238. The van der Waals surface area contributed by atoms with E-state index in [0.29, 0.717) is 22.8 Å². The Kier molecular flexibility index (Phi) is 3.58. The maximum absolute atomic E-state index is 12.3. The zero-order chi connectivity index (χ0) is 15.7. The van der Waals surface area contributed by atoms with E-state index in [1.807, 2.05) is 26.0 Å². The Balaban J connectivity index is 1.74. The van der Waals surface area contributed by atoms with Crippen molar-refractivity contribution in [3.8, 4) is 5.75 Å². The van der Waals surface area contributed by atoms with E-state index in [2.05, 4.69) is 10.6 Å². The molecular weight excluding hydrogens is 284 g/mol. The summed E-state index contributed by atoms with van der Waals surface area (Å²) in [7, 11) is 0. The Bertz CT molecular complexity index is 735. The zero-order valence-corrected chi connectivity index (χ0v) is 12.3. The molecule has 1 aromatic carbocycles. The van der Waals surface area contributed by atoms with Crippen LogP contribution < -0.4 is 15.4 Å². The first-order valence-corrected chi connectivity index (χ1v) is 6.97. The van der Waals surface area contributed by atoms with Crippen molar-refractivity contribution in [2.24, 2.45) is 0 Å². The number of hydrogen-bond acceptors (Lipinski definition) is 4. The Labute approximate surface area is 127 Å². The summed E-state index contributed by atoms with van der Waals surface area (Å²) in [5.41, 5.74) is 1.03. The lowest BCUT2D eigenvalue weighted by atomic mass is 10.1. The van der Waals surface area contributed by atoms with Gasteiger partial charge < -0.3 is 19.8 Å². The molecule has 0 aliphatic carbocycles. The van der Waals surface area contributed by atoms with Crippen LogP contribution in [0, 0.1) is 6.92 Å². The quantitative estimate of drug-likeness (QED) is 0.912. The molecule has 22 heavy (non-hydrogen) atoms. The van der Waals surface area contributed by atoms with E-state index < -0.39 is 0 Å². The number of fused-ring (bicyclic) bond motifs is 1. The van der Waals surface area contributed by atoms with E-state index in [0.717, 1.165) is 5.76 Å². The van der Waals surface area contributed by atoms with Crippen LogP contribution in [0.4, 0.5) is 5.69 Å². The van der Waals surface area contributed by atoms with Crippen molar-refractivity contribution in [1.29, 1.82) is 0 Å². The second-order valence-electron chi connectivity index (χ2n) is 5.19. The molecule has 114 valence electrons. The summed E-state index contributed by atoms with van der Waals surface area (Å²) in [5, 5.41) is 5.55. The summed E-state index contributed by atoms with van der Waals surface area (Å²) >= 11 is 0. The van der Waals surface area contributed by atoms with Gasteiger partial charge in [0.25, 0.3) is 11.8 Å². The van der Waals surface area contributed by atoms with Gasteiger partial charge in [-0.25, -0.2) is 0 Å². The molecule has 0 saturated heterocycles. The van der Waals surface area contributed by atoms with Gasteiger partial charge in [-0.05, 0) is 44.2 Å². The van der Waals surface area contributed by atoms with E-state index in [1.165, 1.54) is 0 Å². The van der Waals surface area contributed by atoms with Crippen LogP contribution in [-0.2, 0) is 4.79 Å². The number of anilines is 1. The lowest BCUT2D eigenvalue weighted by Gasteiger charge is -2.19. The molecule has 6 heteroatoms. The first-order chi connectivity index (χ1) is 10.5. The number of carbonyl (C=O) groups is 2. The largest absolute Gasteiger partial charge is 0.482 e. The van der Waals surface area contributed by atoms with Crippen molar-refractivity contribution in [2.75, 3.05) is 11.9 Å². The van der Waals surface area contributed by atoms with Gasteiger partial charge in [0.05, 0.1) is 11.7 Å². The van der Waals surface area contributed by atoms with Crippen molar-refractivity contribution in [3.63, 3.8) is 0 Å². The van der Waals surface area contributed by atoms with Crippen molar-refractivity contribution in [3.05, 3.63) is 47.4 Å². The third-order valence-corrected chi connectivity index (χ3v) is 3.41.